The molecule has 6 heteroatoms. The van der Waals surface area contributed by atoms with Gasteiger partial charge in [-0.15, -0.1) is 0 Å². The van der Waals surface area contributed by atoms with Gasteiger partial charge < -0.3 is 20.1 Å². The van der Waals surface area contributed by atoms with Gasteiger partial charge in [0.05, 0.1) is 12.7 Å². The molecule has 0 fully saturated rings. The molecule has 0 spiro atoms. The molecule has 0 radical (unpaired) electrons. The van der Waals surface area contributed by atoms with E-state index < -0.39 is 0 Å². The van der Waals surface area contributed by atoms with Gasteiger partial charge in [-0.05, 0) is 47.5 Å². The van der Waals surface area contributed by atoms with Crippen LogP contribution in [-0.2, 0) is 6.61 Å². The van der Waals surface area contributed by atoms with Crippen LogP contribution in [-0.4, -0.2) is 18.0 Å². The maximum Gasteiger partial charge on any atom is 0.255 e. The van der Waals surface area contributed by atoms with Gasteiger partial charge in [0.15, 0.2) is 11.5 Å². The number of hydrogen-bond donors (Lipinski definition) is 2. The summed E-state index contributed by atoms with van der Waals surface area (Å²) in [4.78, 5) is 16.3. The third-order valence-electron chi connectivity index (χ3n) is 4.41. The second-order valence-corrected chi connectivity index (χ2v) is 6.15. The van der Waals surface area contributed by atoms with Crippen LogP contribution in [0.1, 0.15) is 27.7 Å². The van der Waals surface area contributed by atoms with Gasteiger partial charge in [0.1, 0.15) is 12.8 Å². The molecule has 6 nitrogen and oxygen atoms in total. The van der Waals surface area contributed by atoms with Gasteiger partial charge in [-0.3, -0.25) is 9.78 Å². The molecule has 1 aliphatic heterocycles. The van der Waals surface area contributed by atoms with Gasteiger partial charge in [-0.2, -0.15) is 0 Å². The molecule has 0 saturated heterocycles. The number of methoxy groups -OCH3 is 1. The lowest BCUT2D eigenvalue weighted by atomic mass is 10.1. The Bertz CT molecular complexity index is 960. The third kappa shape index (κ3) is 3.55. The average molecular weight is 361 g/mol. The Morgan fingerprint density at radius 2 is 1.81 bits per heavy atom. The van der Waals surface area contributed by atoms with Crippen molar-refractivity contribution in [2.45, 2.75) is 12.8 Å². The zero-order chi connectivity index (χ0) is 18.6. The Labute approximate surface area is 157 Å². The highest BCUT2D eigenvalue weighted by molar-refractivity contribution is 6.01. The molecule has 1 aliphatic rings. The second kappa shape index (κ2) is 7.37. The number of carbonyl (C=O) groups excluding carboxylic acids is 1. The van der Waals surface area contributed by atoms with Crippen LogP contribution in [0.4, 0.5) is 5.69 Å². The number of rotatable bonds is 5. The van der Waals surface area contributed by atoms with Crippen molar-refractivity contribution in [3.05, 3.63) is 83.7 Å². The fourth-order valence-electron chi connectivity index (χ4n) is 3.00. The topological polar surface area (TPSA) is 72.5 Å². The van der Waals surface area contributed by atoms with E-state index in [9.17, 15) is 4.79 Å². The van der Waals surface area contributed by atoms with Gasteiger partial charge in [0.2, 0.25) is 0 Å². The average Bonchev–Trinajstić information content (AvgIpc) is 2.73. The SMILES string of the molecule is COc1cc([C@@H]2NC(=O)c3ccccc3N2)ccc1OCc1ccncc1. The van der Waals surface area contributed by atoms with E-state index in [-0.39, 0.29) is 12.1 Å². The molecular formula is C21H19N3O3. The smallest absolute Gasteiger partial charge is 0.255 e. The summed E-state index contributed by atoms with van der Waals surface area (Å²) in [7, 11) is 1.60. The van der Waals surface area contributed by atoms with Crippen LogP contribution in [0.15, 0.2) is 67.0 Å². The summed E-state index contributed by atoms with van der Waals surface area (Å²) in [6.07, 6.45) is 3.12. The monoisotopic (exact) mass is 361 g/mol. The van der Waals surface area contributed by atoms with E-state index in [0.717, 1.165) is 16.8 Å². The quantitative estimate of drug-likeness (QED) is 0.727. The standard InChI is InChI=1S/C21H19N3O3/c1-26-19-12-15(6-7-18(19)27-13-14-8-10-22-11-9-14)20-23-17-5-3-2-4-16(17)21(25)24-20/h2-12,20,23H,13H2,1H3,(H,24,25)/t20-/m0/s1. The zero-order valence-corrected chi connectivity index (χ0v) is 14.8. The summed E-state index contributed by atoms with van der Waals surface area (Å²) >= 11 is 0. The second-order valence-electron chi connectivity index (χ2n) is 6.15. The predicted molar refractivity (Wildman–Crippen MR) is 102 cm³/mol. The van der Waals surface area contributed by atoms with E-state index in [1.807, 2.05) is 48.5 Å². The van der Waals surface area contributed by atoms with Gasteiger partial charge >= 0.3 is 0 Å². The summed E-state index contributed by atoms with van der Waals surface area (Å²) in [5.41, 5.74) is 3.35. The maximum atomic E-state index is 12.3. The van der Waals surface area contributed by atoms with Crippen molar-refractivity contribution in [1.29, 1.82) is 0 Å². The molecule has 2 N–H and O–H groups in total. The first-order valence-electron chi connectivity index (χ1n) is 8.60. The fourth-order valence-corrected chi connectivity index (χ4v) is 3.00. The van der Waals surface area contributed by atoms with Crippen LogP contribution in [0.25, 0.3) is 0 Å². The van der Waals surface area contributed by atoms with E-state index in [1.54, 1.807) is 25.6 Å². The first-order chi connectivity index (χ1) is 13.2. The Morgan fingerprint density at radius 1 is 1.00 bits per heavy atom. The number of anilines is 1. The molecule has 3 aromatic rings. The van der Waals surface area contributed by atoms with Crippen molar-refractivity contribution in [3.63, 3.8) is 0 Å². The minimum Gasteiger partial charge on any atom is -0.493 e. The van der Waals surface area contributed by atoms with Crippen molar-refractivity contribution in [2.24, 2.45) is 0 Å². The molecule has 1 aromatic heterocycles. The van der Waals surface area contributed by atoms with E-state index in [0.29, 0.717) is 23.7 Å². The number of benzene rings is 2. The molecule has 0 aliphatic carbocycles. The highest BCUT2D eigenvalue weighted by Crippen LogP contribution is 2.33. The molecular weight excluding hydrogens is 342 g/mol. The molecule has 2 heterocycles. The lowest BCUT2D eigenvalue weighted by molar-refractivity contribution is 0.0935. The summed E-state index contributed by atoms with van der Waals surface area (Å²) in [6.45, 7) is 0.421. The number of nitrogens with zero attached hydrogens (tertiary/aromatic N) is 1. The molecule has 4 rings (SSSR count). The number of para-hydroxylation sites is 1. The van der Waals surface area contributed by atoms with Crippen LogP contribution in [0.5, 0.6) is 11.5 Å². The molecule has 0 saturated carbocycles. The lowest BCUT2D eigenvalue weighted by Gasteiger charge is -2.28. The minimum absolute atomic E-state index is 0.105. The van der Waals surface area contributed by atoms with E-state index in [1.165, 1.54) is 0 Å². The Hall–Kier alpha value is -3.54. The Morgan fingerprint density at radius 3 is 2.63 bits per heavy atom. The van der Waals surface area contributed by atoms with Crippen LogP contribution in [0.3, 0.4) is 0 Å². The van der Waals surface area contributed by atoms with Gasteiger partial charge in [0.25, 0.3) is 5.91 Å². The number of hydrogen-bond acceptors (Lipinski definition) is 5. The van der Waals surface area contributed by atoms with E-state index in [4.69, 9.17) is 9.47 Å². The molecule has 2 aromatic carbocycles. The van der Waals surface area contributed by atoms with Crippen molar-refractivity contribution >= 4 is 11.6 Å². The number of nitrogens with one attached hydrogen (secondary N) is 2. The summed E-state index contributed by atoms with van der Waals surface area (Å²) in [6, 6.07) is 16.9. The van der Waals surface area contributed by atoms with Crippen LogP contribution in [0.2, 0.25) is 0 Å². The number of aromatic nitrogens is 1. The molecule has 1 atom stereocenters. The lowest BCUT2D eigenvalue weighted by Crippen LogP contribution is -2.38. The number of amides is 1. The van der Waals surface area contributed by atoms with Crippen LogP contribution < -0.4 is 20.1 Å². The highest BCUT2D eigenvalue weighted by Gasteiger charge is 2.24. The van der Waals surface area contributed by atoms with Crippen molar-refractivity contribution in [3.8, 4) is 11.5 Å². The van der Waals surface area contributed by atoms with E-state index in [2.05, 4.69) is 15.6 Å². The molecule has 0 bridgehead atoms. The van der Waals surface area contributed by atoms with Crippen LogP contribution in [0, 0.1) is 0 Å². The van der Waals surface area contributed by atoms with Gasteiger partial charge in [0, 0.05) is 18.1 Å². The summed E-state index contributed by atoms with van der Waals surface area (Å²) < 4.78 is 11.4. The van der Waals surface area contributed by atoms with E-state index >= 15 is 0 Å². The Kier molecular flexibility index (Phi) is 4.61. The molecule has 136 valence electrons. The molecule has 1 amide bonds. The van der Waals surface area contributed by atoms with Crippen LogP contribution >= 0.6 is 0 Å². The normalized spacial score (nSPS) is 15.3. The first-order valence-corrected chi connectivity index (χ1v) is 8.60. The predicted octanol–water partition coefficient (Wildman–Crippen LogP) is 3.52. The number of carbonyl (C=O) groups is 1. The van der Waals surface area contributed by atoms with Gasteiger partial charge in [-0.1, -0.05) is 18.2 Å². The Balaban J connectivity index is 1.54. The molecule has 27 heavy (non-hydrogen) atoms. The van der Waals surface area contributed by atoms with Crippen molar-refractivity contribution in [2.75, 3.05) is 12.4 Å². The van der Waals surface area contributed by atoms with Crippen molar-refractivity contribution in [1.82, 2.24) is 10.3 Å². The first kappa shape index (κ1) is 16.9. The summed E-state index contributed by atoms with van der Waals surface area (Å²) in [5.74, 6) is 1.14. The highest BCUT2D eigenvalue weighted by atomic mass is 16.5. The van der Waals surface area contributed by atoms with Crippen molar-refractivity contribution < 1.29 is 14.3 Å². The number of fused-ring (bicyclic) bond motifs is 1. The number of ether oxygens (including phenoxy) is 2. The maximum absolute atomic E-state index is 12.3. The summed E-state index contributed by atoms with van der Waals surface area (Å²) in [5, 5.41) is 6.30. The van der Waals surface area contributed by atoms with Gasteiger partial charge in [-0.25, -0.2) is 0 Å². The minimum atomic E-state index is -0.337. The molecule has 0 unspecified atom stereocenters. The zero-order valence-electron chi connectivity index (χ0n) is 14.8. The fraction of sp³-hybridized carbons (Fsp3) is 0.143. The third-order valence-corrected chi connectivity index (χ3v) is 4.41. The number of pyridine rings is 1. The largest absolute Gasteiger partial charge is 0.493 e.